The number of alkyl halides is 1. The number of carbonyl (C=O) groups excluding carboxylic acids is 1. The molecule has 1 saturated heterocycles. The minimum Gasteiger partial charge on any atom is -0.462 e. The number of nitrogens with two attached hydrogens (primary N) is 1. The second-order valence-corrected chi connectivity index (χ2v) is 14.1. The summed E-state index contributed by atoms with van der Waals surface area (Å²) in [5.74, 6) is -0.741. The number of hydrogen-bond donors (Lipinski definition) is 4. The molecule has 5 rings (SSSR count). The van der Waals surface area contributed by atoms with Crippen molar-refractivity contribution < 1.29 is 32.8 Å². The molecule has 4 unspecified atom stereocenters. The monoisotopic (exact) mass is 661 g/mol. The van der Waals surface area contributed by atoms with Crippen LogP contribution in [-0.4, -0.2) is 74.8 Å². The van der Waals surface area contributed by atoms with Gasteiger partial charge in [-0.25, -0.2) is 14.5 Å². The van der Waals surface area contributed by atoms with E-state index >= 15 is 4.39 Å². The van der Waals surface area contributed by atoms with Gasteiger partial charge in [-0.2, -0.15) is 9.97 Å². The fourth-order valence-electron chi connectivity index (χ4n) is 5.24. The Morgan fingerprint density at radius 3 is 2.64 bits per heavy atom. The molecule has 16 heteroatoms. The molecule has 0 amide bonds. The molecule has 2 aromatic carbocycles. The molecule has 3 heterocycles. The van der Waals surface area contributed by atoms with Crippen LogP contribution in [0.15, 0.2) is 48.8 Å². The highest BCUT2D eigenvalue weighted by atomic mass is 32.5. The normalized spacial score (nSPS) is 22.8. The first-order valence-corrected chi connectivity index (χ1v) is 17.1. The van der Waals surface area contributed by atoms with E-state index in [1.165, 1.54) is 17.8 Å². The summed E-state index contributed by atoms with van der Waals surface area (Å²) in [6.45, 7) is 2.61. The quantitative estimate of drug-likeness (QED) is 0.127. The van der Waals surface area contributed by atoms with Gasteiger partial charge in [-0.05, 0) is 51.0 Å². The number of hydrogen-bond acceptors (Lipinski definition) is 12. The third-order valence-corrected chi connectivity index (χ3v) is 9.82. The van der Waals surface area contributed by atoms with Crippen LogP contribution in [0.5, 0.6) is 5.75 Å². The van der Waals surface area contributed by atoms with Crippen LogP contribution in [0.4, 0.5) is 16.2 Å². The smallest absolute Gasteiger partial charge is 0.323 e. The van der Waals surface area contributed by atoms with Crippen LogP contribution in [0.25, 0.3) is 21.9 Å². The molecule has 1 aliphatic heterocycles. The number of fused-ring (bicyclic) bond motifs is 2. The zero-order valence-electron chi connectivity index (χ0n) is 25.5. The lowest BCUT2D eigenvalue weighted by molar-refractivity contribution is -0.149. The number of halogens is 1. The van der Waals surface area contributed by atoms with Crippen molar-refractivity contribution in [1.82, 2.24) is 24.6 Å². The molecule has 0 saturated carbocycles. The third kappa shape index (κ3) is 7.03. The Kier molecular flexibility index (Phi) is 9.87. The van der Waals surface area contributed by atoms with Gasteiger partial charge >= 0.3 is 12.6 Å². The van der Waals surface area contributed by atoms with Gasteiger partial charge in [-0.3, -0.25) is 9.36 Å². The van der Waals surface area contributed by atoms with Crippen molar-refractivity contribution in [3.8, 4) is 5.75 Å². The molecule has 0 bridgehead atoms. The lowest BCUT2D eigenvalue weighted by atomic mass is 9.95. The number of aliphatic hydroxyl groups is 1. The lowest BCUT2D eigenvalue weighted by Crippen LogP contribution is -2.38. The van der Waals surface area contributed by atoms with E-state index in [1.54, 1.807) is 33.9 Å². The SMILES string of the molecule is CNc1nc(N)nc2c1ncn2C1OC(COP(=S)(N[C@H](C)C(=O)OC(C)C)Oc2cccc3ccccc23)[C@@H](O)C1[C@H](C)F. The van der Waals surface area contributed by atoms with Crippen LogP contribution in [0.2, 0.25) is 0 Å². The van der Waals surface area contributed by atoms with Crippen LogP contribution in [0.1, 0.15) is 33.9 Å². The average molecular weight is 662 g/mol. The van der Waals surface area contributed by atoms with Crippen LogP contribution in [0, 0.1) is 5.92 Å². The molecule has 0 spiro atoms. The molecule has 0 radical (unpaired) electrons. The van der Waals surface area contributed by atoms with Gasteiger partial charge < -0.3 is 34.7 Å². The first kappa shape index (κ1) is 32.9. The van der Waals surface area contributed by atoms with E-state index in [4.69, 9.17) is 36.1 Å². The molecule has 4 aromatic rings. The Balaban J connectivity index is 1.43. The molecule has 242 valence electrons. The van der Waals surface area contributed by atoms with Crippen molar-refractivity contribution >= 4 is 58.1 Å². The second kappa shape index (κ2) is 13.5. The largest absolute Gasteiger partial charge is 0.462 e. The highest BCUT2D eigenvalue weighted by Crippen LogP contribution is 2.49. The van der Waals surface area contributed by atoms with E-state index in [0.717, 1.165) is 10.8 Å². The maximum atomic E-state index is 15.1. The summed E-state index contributed by atoms with van der Waals surface area (Å²) >= 11 is 5.91. The van der Waals surface area contributed by atoms with E-state index in [-0.39, 0.29) is 18.7 Å². The summed E-state index contributed by atoms with van der Waals surface area (Å²) in [4.78, 5) is 25.5. The number of carbonyl (C=O) groups is 1. The van der Waals surface area contributed by atoms with Crippen molar-refractivity contribution in [2.45, 2.75) is 64.4 Å². The fraction of sp³-hybridized carbons (Fsp3) is 0.448. The maximum Gasteiger partial charge on any atom is 0.323 e. The van der Waals surface area contributed by atoms with Gasteiger partial charge in [-0.15, -0.1) is 0 Å². The highest BCUT2D eigenvalue weighted by Gasteiger charge is 2.49. The van der Waals surface area contributed by atoms with Crippen molar-refractivity contribution in [3.63, 3.8) is 0 Å². The summed E-state index contributed by atoms with van der Waals surface area (Å²) in [5, 5.41) is 18.9. The molecule has 45 heavy (non-hydrogen) atoms. The Morgan fingerprint density at radius 1 is 1.20 bits per heavy atom. The molecule has 13 nitrogen and oxygen atoms in total. The molecule has 1 fully saturated rings. The van der Waals surface area contributed by atoms with Gasteiger partial charge in [0, 0.05) is 12.4 Å². The van der Waals surface area contributed by atoms with Crippen LogP contribution in [0.3, 0.4) is 0 Å². The predicted molar refractivity (Wildman–Crippen MR) is 172 cm³/mol. The van der Waals surface area contributed by atoms with E-state index < -0.39 is 49.2 Å². The first-order chi connectivity index (χ1) is 21.4. The molecule has 0 aliphatic carbocycles. The topological polar surface area (TPSA) is 168 Å². The number of ether oxygens (including phenoxy) is 2. The van der Waals surface area contributed by atoms with E-state index in [2.05, 4.69) is 25.4 Å². The van der Waals surface area contributed by atoms with E-state index in [0.29, 0.717) is 22.7 Å². The Labute approximate surface area is 264 Å². The Hall–Kier alpha value is -3.46. The zero-order valence-corrected chi connectivity index (χ0v) is 27.2. The summed E-state index contributed by atoms with van der Waals surface area (Å²) in [6.07, 6.45) is -3.75. The van der Waals surface area contributed by atoms with Gasteiger partial charge in [0.25, 0.3) is 0 Å². The van der Waals surface area contributed by atoms with Gasteiger partial charge in [0.05, 0.1) is 31.1 Å². The Bertz CT molecular complexity index is 1720. The summed E-state index contributed by atoms with van der Waals surface area (Å²) in [5.41, 5.74) is 6.62. The van der Waals surface area contributed by atoms with Crippen molar-refractivity contribution in [3.05, 3.63) is 48.8 Å². The molecular formula is C29H37FN7O6PS. The highest BCUT2D eigenvalue weighted by molar-refractivity contribution is 8.09. The number of imidazole rings is 1. The van der Waals surface area contributed by atoms with E-state index in [1.807, 2.05) is 36.4 Å². The second-order valence-electron chi connectivity index (χ2n) is 11.0. The van der Waals surface area contributed by atoms with Crippen LogP contribution < -0.4 is 20.7 Å². The first-order valence-electron chi connectivity index (χ1n) is 14.5. The van der Waals surface area contributed by atoms with Crippen LogP contribution in [-0.2, 0) is 30.6 Å². The molecule has 2 aromatic heterocycles. The molecule has 1 aliphatic rings. The Morgan fingerprint density at radius 2 is 1.93 bits per heavy atom. The summed E-state index contributed by atoms with van der Waals surface area (Å²) < 4.78 is 40.7. The summed E-state index contributed by atoms with van der Waals surface area (Å²) in [6, 6.07) is 12.2. The fourth-order valence-corrected chi connectivity index (χ4v) is 7.66. The number of benzene rings is 2. The molecular weight excluding hydrogens is 624 g/mol. The van der Waals surface area contributed by atoms with Crippen molar-refractivity contribution in [2.75, 3.05) is 24.7 Å². The van der Waals surface area contributed by atoms with Crippen LogP contribution >= 0.6 is 6.64 Å². The number of esters is 1. The minimum atomic E-state index is -3.52. The van der Waals surface area contributed by atoms with Crippen molar-refractivity contribution in [2.24, 2.45) is 5.92 Å². The minimum absolute atomic E-state index is 0.0145. The van der Waals surface area contributed by atoms with Crippen molar-refractivity contribution in [1.29, 1.82) is 0 Å². The third-order valence-electron chi connectivity index (χ3n) is 7.33. The van der Waals surface area contributed by atoms with Gasteiger partial charge in [0.1, 0.15) is 30.3 Å². The number of rotatable bonds is 12. The predicted octanol–water partition coefficient (Wildman–Crippen LogP) is 4.09. The number of nitrogens with one attached hydrogen (secondary N) is 2. The standard InChI is InChI=1S/C29H37FN7O6PS/c1-15(2)41-28(39)17(4)36-44(45,43-20-12-8-10-18-9-6-7-11-19(18)20)40-13-21-24(38)22(16(3)30)27(42-21)37-14-33-23-25(32-5)34-29(31)35-26(23)37/h6-12,14-17,21-22,24,27,38H,13H2,1-5H3,(H,36,45)(H3,31,32,34,35)/t16-,17+,21?,22?,24+,27?,44?/m0/s1. The van der Waals surface area contributed by atoms with Gasteiger partial charge in [0.2, 0.25) is 5.95 Å². The van der Waals surface area contributed by atoms with E-state index in [9.17, 15) is 9.90 Å². The number of nitrogen functional groups attached to an aromatic ring is 1. The molecule has 5 N–H and O–H groups in total. The number of aliphatic hydroxyl groups excluding tert-OH is 1. The zero-order chi connectivity index (χ0) is 32.5. The number of aromatic nitrogens is 4. The van der Waals surface area contributed by atoms with Gasteiger partial charge in [0.15, 0.2) is 17.0 Å². The molecule has 7 atom stereocenters. The maximum absolute atomic E-state index is 15.1. The number of nitrogens with zero attached hydrogens (tertiary/aromatic N) is 4. The lowest BCUT2D eigenvalue weighted by Gasteiger charge is -2.28. The van der Waals surface area contributed by atoms with Gasteiger partial charge in [-0.1, -0.05) is 36.4 Å². The average Bonchev–Trinajstić information content (AvgIpc) is 3.55. The number of anilines is 2. The summed E-state index contributed by atoms with van der Waals surface area (Å²) in [7, 11) is 1.66.